The topological polar surface area (TPSA) is 24.5 Å². The molecule has 102 valence electrons. The lowest BCUT2D eigenvalue weighted by Gasteiger charge is -2.32. The summed E-state index contributed by atoms with van der Waals surface area (Å²) in [6.07, 6.45) is 7.76. The molecule has 0 atom stereocenters. The van der Waals surface area contributed by atoms with Gasteiger partial charge in [-0.1, -0.05) is 6.92 Å². The normalized spacial score (nSPS) is 18.7. The number of hydrogen-bond donors (Lipinski definition) is 1. The Kier molecular flexibility index (Phi) is 8.67. The van der Waals surface area contributed by atoms with Gasteiger partial charge in [0, 0.05) is 19.8 Å². The van der Waals surface area contributed by atoms with Crippen LogP contribution in [0.25, 0.3) is 0 Å². The molecule has 1 aliphatic heterocycles. The van der Waals surface area contributed by atoms with Crippen molar-refractivity contribution in [2.45, 2.75) is 51.5 Å². The molecule has 1 heterocycles. The predicted octanol–water partition coefficient (Wildman–Crippen LogP) is 2.27. The zero-order chi connectivity index (χ0) is 12.3. The van der Waals surface area contributed by atoms with E-state index in [4.69, 9.17) is 4.74 Å². The molecule has 17 heavy (non-hydrogen) atoms. The quantitative estimate of drug-likeness (QED) is 0.628. The van der Waals surface area contributed by atoms with E-state index in [1.165, 1.54) is 64.7 Å². The number of nitrogens with one attached hydrogen (secondary N) is 1. The molecule has 0 radical (unpaired) electrons. The molecule has 0 aromatic rings. The predicted molar refractivity (Wildman–Crippen MR) is 73.5 cm³/mol. The molecule has 3 nitrogen and oxygen atoms in total. The highest BCUT2D eigenvalue weighted by Crippen LogP contribution is 2.11. The number of rotatable bonds is 9. The van der Waals surface area contributed by atoms with E-state index >= 15 is 0 Å². The minimum absolute atomic E-state index is 0.777. The number of nitrogens with zero attached hydrogens (tertiary/aromatic N) is 1. The number of unbranched alkanes of at least 4 members (excludes halogenated alkanes) is 2. The smallest absolute Gasteiger partial charge is 0.0462 e. The van der Waals surface area contributed by atoms with Gasteiger partial charge in [0.25, 0.3) is 0 Å². The van der Waals surface area contributed by atoms with Crippen LogP contribution in [0.4, 0.5) is 0 Å². The molecule has 1 saturated heterocycles. The summed E-state index contributed by atoms with van der Waals surface area (Å²) < 4.78 is 5.06. The molecule has 0 amide bonds. The van der Waals surface area contributed by atoms with Crippen LogP contribution < -0.4 is 5.32 Å². The highest BCUT2D eigenvalue weighted by molar-refractivity contribution is 4.76. The third-order valence-electron chi connectivity index (χ3n) is 3.59. The molecule has 0 aliphatic carbocycles. The first-order valence-electron chi connectivity index (χ1n) is 7.31. The van der Waals surface area contributed by atoms with Gasteiger partial charge in [-0.15, -0.1) is 0 Å². The first-order valence-corrected chi connectivity index (χ1v) is 7.31. The van der Waals surface area contributed by atoms with Crippen LogP contribution in [0.15, 0.2) is 0 Å². The summed E-state index contributed by atoms with van der Waals surface area (Å²) in [7, 11) is 1.79. The van der Waals surface area contributed by atoms with Crippen LogP contribution in [-0.4, -0.2) is 50.8 Å². The Hall–Kier alpha value is -0.120. The van der Waals surface area contributed by atoms with Gasteiger partial charge in [-0.3, -0.25) is 0 Å². The highest BCUT2D eigenvalue weighted by atomic mass is 16.5. The van der Waals surface area contributed by atoms with E-state index in [9.17, 15) is 0 Å². The van der Waals surface area contributed by atoms with Crippen molar-refractivity contribution in [3.8, 4) is 0 Å². The first-order chi connectivity index (χ1) is 8.36. The zero-order valence-electron chi connectivity index (χ0n) is 11.7. The maximum Gasteiger partial charge on any atom is 0.0462 e. The molecule has 1 aliphatic rings. The van der Waals surface area contributed by atoms with E-state index in [1.807, 2.05) is 0 Å². The molecule has 1 rings (SSSR count). The number of hydrogen-bond acceptors (Lipinski definition) is 3. The summed E-state index contributed by atoms with van der Waals surface area (Å²) in [6, 6.07) is 0.777. The highest BCUT2D eigenvalue weighted by Gasteiger charge is 2.17. The average Bonchev–Trinajstić information content (AvgIpc) is 2.37. The molecule has 0 aromatic heterocycles. The van der Waals surface area contributed by atoms with Gasteiger partial charge in [-0.25, -0.2) is 0 Å². The van der Waals surface area contributed by atoms with Crippen LogP contribution >= 0.6 is 0 Å². The summed E-state index contributed by atoms with van der Waals surface area (Å²) in [5.74, 6) is 0. The van der Waals surface area contributed by atoms with Crippen molar-refractivity contribution >= 4 is 0 Å². The van der Waals surface area contributed by atoms with Crippen LogP contribution in [0.5, 0.6) is 0 Å². The third-order valence-corrected chi connectivity index (χ3v) is 3.59. The van der Waals surface area contributed by atoms with Gasteiger partial charge in [-0.05, 0) is 64.7 Å². The van der Waals surface area contributed by atoms with E-state index in [0.29, 0.717) is 0 Å². The Morgan fingerprint density at radius 2 is 1.94 bits per heavy atom. The van der Waals surface area contributed by atoms with E-state index in [2.05, 4.69) is 17.1 Å². The third kappa shape index (κ3) is 7.02. The minimum atomic E-state index is 0.777. The number of methoxy groups -OCH3 is 1. The van der Waals surface area contributed by atoms with Crippen molar-refractivity contribution in [1.82, 2.24) is 10.2 Å². The molecule has 0 unspecified atom stereocenters. The average molecular weight is 242 g/mol. The summed E-state index contributed by atoms with van der Waals surface area (Å²) in [6.45, 7) is 8.19. The molecular weight excluding hydrogens is 212 g/mol. The van der Waals surface area contributed by atoms with Crippen molar-refractivity contribution < 1.29 is 4.74 Å². The van der Waals surface area contributed by atoms with Gasteiger partial charge in [0.05, 0.1) is 0 Å². The lowest BCUT2D eigenvalue weighted by atomic mass is 10.0. The van der Waals surface area contributed by atoms with E-state index < -0.39 is 0 Å². The van der Waals surface area contributed by atoms with Crippen LogP contribution in [0.3, 0.4) is 0 Å². The molecule has 1 fully saturated rings. The first kappa shape index (κ1) is 14.9. The summed E-state index contributed by atoms with van der Waals surface area (Å²) >= 11 is 0. The molecule has 0 spiro atoms. The van der Waals surface area contributed by atoms with Crippen molar-refractivity contribution in [3.63, 3.8) is 0 Å². The Balaban J connectivity index is 1.95. The Labute approximate surface area is 107 Å². The van der Waals surface area contributed by atoms with Crippen molar-refractivity contribution in [1.29, 1.82) is 0 Å². The molecule has 0 aromatic carbocycles. The molecule has 3 heteroatoms. The Bertz CT molecular complexity index is 165. The largest absolute Gasteiger partial charge is 0.385 e. The lowest BCUT2D eigenvalue weighted by Crippen LogP contribution is -2.42. The summed E-state index contributed by atoms with van der Waals surface area (Å²) in [5.41, 5.74) is 0. The molecular formula is C14H30N2O. The van der Waals surface area contributed by atoms with Crippen LogP contribution in [0.2, 0.25) is 0 Å². The maximum absolute atomic E-state index is 5.06. The Morgan fingerprint density at radius 3 is 2.59 bits per heavy atom. The fraction of sp³-hybridized carbons (Fsp3) is 1.00. The van der Waals surface area contributed by atoms with Crippen molar-refractivity contribution in [2.75, 3.05) is 39.9 Å². The fourth-order valence-corrected chi connectivity index (χ4v) is 2.47. The SMILES string of the molecule is CCCNC1CCN(CCCCCOC)CC1. The summed E-state index contributed by atoms with van der Waals surface area (Å²) in [4.78, 5) is 2.62. The van der Waals surface area contributed by atoms with Gasteiger partial charge in [0.15, 0.2) is 0 Å². The molecule has 0 bridgehead atoms. The number of piperidine rings is 1. The van der Waals surface area contributed by atoms with Crippen molar-refractivity contribution in [2.24, 2.45) is 0 Å². The van der Waals surface area contributed by atoms with Crippen LogP contribution in [-0.2, 0) is 4.74 Å². The second-order valence-corrected chi connectivity index (χ2v) is 5.12. The van der Waals surface area contributed by atoms with Crippen LogP contribution in [0.1, 0.15) is 45.4 Å². The van der Waals surface area contributed by atoms with E-state index in [1.54, 1.807) is 7.11 Å². The minimum Gasteiger partial charge on any atom is -0.385 e. The van der Waals surface area contributed by atoms with Crippen molar-refractivity contribution in [3.05, 3.63) is 0 Å². The van der Waals surface area contributed by atoms with Gasteiger partial charge in [-0.2, -0.15) is 0 Å². The fourth-order valence-electron chi connectivity index (χ4n) is 2.47. The number of ether oxygens (including phenoxy) is 1. The number of likely N-dealkylation sites (tertiary alicyclic amines) is 1. The second-order valence-electron chi connectivity index (χ2n) is 5.12. The Morgan fingerprint density at radius 1 is 1.18 bits per heavy atom. The van der Waals surface area contributed by atoms with Gasteiger partial charge in [0.1, 0.15) is 0 Å². The van der Waals surface area contributed by atoms with Gasteiger partial charge >= 0.3 is 0 Å². The lowest BCUT2D eigenvalue weighted by molar-refractivity contribution is 0.179. The van der Waals surface area contributed by atoms with E-state index in [-0.39, 0.29) is 0 Å². The zero-order valence-corrected chi connectivity index (χ0v) is 11.7. The van der Waals surface area contributed by atoms with E-state index in [0.717, 1.165) is 12.6 Å². The monoisotopic (exact) mass is 242 g/mol. The molecule has 1 N–H and O–H groups in total. The standard InChI is InChI=1S/C14H30N2O/c1-3-9-15-14-7-11-16(12-8-14)10-5-4-6-13-17-2/h14-15H,3-13H2,1-2H3. The second kappa shape index (κ2) is 9.86. The van der Waals surface area contributed by atoms with Crippen LogP contribution in [0, 0.1) is 0 Å². The van der Waals surface area contributed by atoms with Gasteiger partial charge < -0.3 is 15.0 Å². The maximum atomic E-state index is 5.06. The van der Waals surface area contributed by atoms with Gasteiger partial charge in [0.2, 0.25) is 0 Å². The molecule has 0 saturated carbocycles. The summed E-state index contributed by atoms with van der Waals surface area (Å²) in [5, 5.41) is 3.63.